The van der Waals surface area contributed by atoms with Crippen molar-refractivity contribution in [3.8, 4) is 0 Å². The Morgan fingerprint density at radius 1 is 0.593 bits per heavy atom. The molecule has 0 unspecified atom stereocenters. The van der Waals surface area contributed by atoms with Gasteiger partial charge in [-0.15, -0.1) is 0 Å². The molecule has 2 rings (SSSR count). The summed E-state index contributed by atoms with van der Waals surface area (Å²) in [4.78, 5) is 0. The minimum atomic E-state index is 1.23. The summed E-state index contributed by atoms with van der Waals surface area (Å²) in [6, 6.07) is 15.6. The van der Waals surface area contributed by atoms with Gasteiger partial charge in [-0.3, -0.25) is 0 Å². The molecule has 0 saturated carbocycles. The minimum Gasteiger partial charge on any atom is -0.0885 e. The minimum absolute atomic E-state index is 1.23. The van der Waals surface area contributed by atoms with Crippen molar-refractivity contribution in [2.75, 3.05) is 0 Å². The third kappa shape index (κ3) is 9.80. The number of aryl methyl sites for hydroxylation is 1. The number of rotatable bonds is 15. The Morgan fingerprint density at radius 2 is 1.19 bits per heavy atom. The monoisotopic (exact) mass is 364 g/mol. The average Bonchev–Trinajstić information content (AvgIpc) is 2.71. The summed E-state index contributed by atoms with van der Waals surface area (Å²) < 4.78 is 0. The van der Waals surface area contributed by atoms with Gasteiger partial charge in [0.25, 0.3) is 0 Å². The Bertz CT molecular complexity index is 637. The molecule has 0 atom stereocenters. The summed E-state index contributed by atoms with van der Waals surface area (Å²) in [6.07, 6.45) is 23.9. The fraction of sp³-hybridized carbons (Fsp3) is 0.556. The molecule has 0 nitrogen and oxygen atoms in total. The summed E-state index contributed by atoms with van der Waals surface area (Å²) in [7, 11) is 0. The fourth-order valence-corrected chi connectivity index (χ4v) is 3.79. The average molecular weight is 365 g/mol. The van der Waals surface area contributed by atoms with Gasteiger partial charge in [0.05, 0.1) is 0 Å². The standard InChI is InChI=1S/C27H40/c1-2-3-4-5-6-7-8-9-10-11-12-13-14-15-16-19-25-22-23-26-20-17-18-21-27(26)24-25/h9-10,17-18,20-24H,2-8,11-16,19H2,1H3/b10-9+. The molecule has 0 aliphatic carbocycles. The summed E-state index contributed by atoms with van der Waals surface area (Å²) in [5.41, 5.74) is 1.49. The first kappa shape index (κ1) is 21.7. The van der Waals surface area contributed by atoms with Crippen LogP contribution in [0.1, 0.15) is 96.0 Å². The van der Waals surface area contributed by atoms with Gasteiger partial charge in [0.1, 0.15) is 0 Å². The van der Waals surface area contributed by atoms with Gasteiger partial charge in [-0.25, -0.2) is 0 Å². The SMILES string of the molecule is CCCCCCCC/C=C/CCCCCCCc1ccc2ccccc2c1. The highest BCUT2D eigenvalue weighted by Crippen LogP contribution is 2.17. The van der Waals surface area contributed by atoms with Crippen LogP contribution >= 0.6 is 0 Å². The second kappa shape index (κ2) is 14.5. The van der Waals surface area contributed by atoms with E-state index >= 15 is 0 Å². The van der Waals surface area contributed by atoms with E-state index in [1.165, 1.54) is 106 Å². The lowest BCUT2D eigenvalue weighted by Crippen LogP contribution is -1.86. The molecule has 148 valence electrons. The van der Waals surface area contributed by atoms with E-state index in [-0.39, 0.29) is 0 Å². The third-order valence-electron chi connectivity index (χ3n) is 5.54. The van der Waals surface area contributed by atoms with Crippen molar-refractivity contribution >= 4 is 10.8 Å². The molecule has 0 fully saturated rings. The quantitative estimate of drug-likeness (QED) is 0.218. The van der Waals surface area contributed by atoms with E-state index in [2.05, 4.69) is 61.5 Å². The van der Waals surface area contributed by atoms with Gasteiger partial charge in [-0.05, 0) is 54.9 Å². The maximum Gasteiger partial charge on any atom is -0.0181 e. The van der Waals surface area contributed by atoms with Gasteiger partial charge in [-0.1, -0.05) is 113 Å². The van der Waals surface area contributed by atoms with E-state index < -0.39 is 0 Å². The highest BCUT2D eigenvalue weighted by molar-refractivity contribution is 5.82. The molecule has 0 spiro atoms. The van der Waals surface area contributed by atoms with Crippen molar-refractivity contribution in [1.82, 2.24) is 0 Å². The molecule has 0 aliphatic rings. The first-order valence-electron chi connectivity index (χ1n) is 11.5. The molecular weight excluding hydrogens is 324 g/mol. The van der Waals surface area contributed by atoms with Crippen molar-refractivity contribution in [2.24, 2.45) is 0 Å². The van der Waals surface area contributed by atoms with Crippen LogP contribution in [0.5, 0.6) is 0 Å². The lowest BCUT2D eigenvalue weighted by Gasteiger charge is -2.04. The molecule has 0 radical (unpaired) electrons. The molecule has 0 saturated heterocycles. The summed E-state index contributed by atoms with van der Waals surface area (Å²) in [5, 5.41) is 2.73. The number of allylic oxidation sites excluding steroid dienone is 2. The Hall–Kier alpha value is -1.56. The van der Waals surface area contributed by atoms with Crippen LogP contribution in [0.25, 0.3) is 10.8 Å². The molecule has 27 heavy (non-hydrogen) atoms. The number of benzene rings is 2. The fourth-order valence-electron chi connectivity index (χ4n) is 3.79. The number of unbranched alkanes of at least 4 members (excludes halogenated alkanes) is 11. The van der Waals surface area contributed by atoms with Gasteiger partial charge in [0, 0.05) is 0 Å². The number of fused-ring (bicyclic) bond motifs is 1. The lowest BCUT2D eigenvalue weighted by atomic mass is 10.0. The van der Waals surface area contributed by atoms with Crippen molar-refractivity contribution in [1.29, 1.82) is 0 Å². The van der Waals surface area contributed by atoms with Crippen LogP contribution in [0, 0.1) is 0 Å². The molecule has 0 bridgehead atoms. The molecule has 0 N–H and O–H groups in total. The molecule has 0 heteroatoms. The van der Waals surface area contributed by atoms with Gasteiger partial charge < -0.3 is 0 Å². The molecule has 0 aliphatic heterocycles. The Kier molecular flexibility index (Phi) is 11.7. The highest BCUT2D eigenvalue weighted by atomic mass is 14.0. The zero-order valence-corrected chi connectivity index (χ0v) is 17.6. The first-order chi connectivity index (χ1) is 13.4. The van der Waals surface area contributed by atoms with Crippen LogP contribution in [-0.2, 0) is 6.42 Å². The van der Waals surface area contributed by atoms with Gasteiger partial charge in [-0.2, -0.15) is 0 Å². The van der Waals surface area contributed by atoms with Crippen LogP contribution in [0.2, 0.25) is 0 Å². The van der Waals surface area contributed by atoms with Gasteiger partial charge in [0.15, 0.2) is 0 Å². The highest BCUT2D eigenvalue weighted by Gasteiger charge is 1.97. The van der Waals surface area contributed by atoms with Gasteiger partial charge >= 0.3 is 0 Å². The van der Waals surface area contributed by atoms with Crippen molar-refractivity contribution < 1.29 is 0 Å². The van der Waals surface area contributed by atoms with Crippen LogP contribution in [0.3, 0.4) is 0 Å². The summed E-state index contributed by atoms with van der Waals surface area (Å²) in [5.74, 6) is 0. The van der Waals surface area contributed by atoms with E-state index in [1.54, 1.807) is 0 Å². The van der Waals surface area contributed by atoms with Crippen LogP contribution in [-0.4, -0.2) is 0 Å². The number of hydrogen-bond donors (Lipinski definition) is 0. The predicted molar refractivity (Wildman–Crippen MR) is 122 cm³/mol. The summed E-state index contributed by atoms with van der Waals surface area (Å²) in [6.45, 7) is 2.29. The molecule has 2 aromatic rings. The van der Waals surface area contributed by atoms with E-state index in [9.17, 15) is 0 Å². The normalized spacial score (nSPS) is 11.6. The summed E-state index contributed by atoms with van der Waals surface area (Å²) >= 11 is 0. The predicted octanol–water partition coefficient (Wildman–Crippen LogP) is 9.03. The van der Waals surface area contributed by atoms with Crippen molar-refractivity contribution in [3.05, 3.63) is 60.2 Å². The zero-order valence-electron chi connectivity index (χ0n) is 17.6. The van der Waals surface area contributed by atoms with Crippen LogP contribution in [0.4, 0.5) is 0 Å². The van der Waals surface area contributed by atoms with E-state index in [1.807, 2.05) is 0 Å². The molecule has 0 heterocycles. The molecule has 0 aromatic heterocycles. The van der Waals surface area contributed by atoms with Crippen LogP contribution in [0.15, 0.2) is 54.6 Å². The Morgan fingerprint density at radius 3 is 1.89 bits per heavy atom. The third-order valence-corrected chi connectivity index (χ3v) is 5.54. The first-order valence-corrected chi connectivity index (χ1v) is 11.5. The Labute approximate surface area is 168 Å². The second-order valence-electron chi connectivity index (χ2n) is 8.02. The molecule has 2 aromatic carbocycles. The van der Waals surface area contributed by atoms with Crippen molar-refractivity contribution in [2.45, 2.75) is 96.8 Å². The number of hydrogen-bond acceptors (Lipinski definition) is 0. The maximum absolute atomic E-state index is 2.42. The maximum atomic E-state index is 2.42. The molecular formula is C27H40. The Balaban J connectivity index is 1.41. The van der Waals surface area contributed by atoms with Crippen LogP contribution < -0.4 is 0 Å². The lowest BCUT2D eigenvalue weighted by molar-refractivity contribution is 0.608. The molecule has 0 amide bonds. The van der Waals surface area contributed by atoms with Crippen molar-refractivity contribution in [3.63, 3.8) is 0 Å². The van der Waals surface area contributed by atoms with E-state index in [0.717, 1.165) is 0 Å². The second-order valence-corrected chi connectivity index (χ2v) is 8.02. The van der Waals surface area contributed by atoms with Gasteiger partial charge in [0.2, 0.25) is 0 Å². The van der Waals surface area contributed by atoms with E-state index in [0.29, 0.717) is 0 Å². The largest absolute Gasteiger partial charge is 0.0885 e. The smallest absolute Gasteiger partial charge is 0.0181 e. The topological polar surface area (TPSA) is 0 Å². The van der Waals surface area contributed by atoms with E-state index in [4.69, 9.17) is 0 Å². The zero-order chi connectivity index (χ0) is 19.0.